The number of hydrogen-bond donors (Lipinski definition) is 0. The summed E-state index contributed by atoms with van der Waals surface area (Å²) in [6.45, 7) is 1.98. The quantitative estimate of drug-likeness (QED) is 0.793. The molecule has 1 aromatic heterocycles. The second-order valence-electron chi connectivity index (χ2n) is 4.11. The highest BCUT2D eigenvalue weighted by Crippen LogP contribution is 2.20. The minimum Gasteiger partial charge on any atom is -0.381 e. The second-order valence-corrected chi connectivity index (χ2v) is 4.50. The first-order valence-corrected chi connectivity index (χ1v) is 6.18. The van der Waals surface area contributed by atoms with E-state index in [9.17, 15) is 0 Å². The Hall–Kier alpha value is -1.45. The Morgan fingerprint density at radius 3 is 2.61 bits per heavy atom. The van der Waals surface area contributed by atoms with Crippen LogP contribution in [0.3, 0.4) is 0 Å². The molecule has 1 heterocycles. The van der Waals surface area contributed by atoms with E-state index in [2.05, 4.69) is 9.97 Å². The lowest BCUT2D eigenvalue weighted by atomic mass is 10.1. The number of methoxy groups -OCH3 is 1. The third-order valence-electron chi connectivity index (χ3n) is 2.68. The normalized spacial score (nSPS) is 12.4. The number of ether oxygens (including phenoxy) is 1. The molecule has 4 heteroatoms. The van der Waals surface area contributed by atoms with Gasteiger partial charge < -0.3 is 4.74 Å². The van der Waals surface area contributed by atoms with Crippen LogP contribution < -0.4 is 0 Å². The maximum Gasteiger partial charge on any atom is 0.133 e. The Morgan fingerprint density at radius 2 is 1.94 bits per heavy atom. The molecular formula is C14H15ClN2O. The monoisotopic (exact) mass is 262 g/mol. The Morgan fingerprint density at radius 1 is 1.22 bits per heavy atom. The molecule has 0 N–H and O–H groups in total. The summed E-state index contributed by atoms with van der Waals surface area (Å²) in [5.41, 5.74) is 1.88. The molecule has 1 atom stereocenters. The van der Waals surface area contributed by atoms with Crippen LogP contribution >= 0.6 is 11.6 Å². The lowest BCUT2D eigenvalue weighted by molar-refractivity contribution is 0.117. The third-order valence-corrected chi connectivity index (χ3v) is 2.88. The van der Waals surface area contributed by atoms with Gasteiger partial charge in [0.15, 0.2) is 0 Å². The Labute approximate surface area is 112 Å². The Kier molecular flexibility index (Phi) is 4.28. The summed E-state index contributed by atoms with van der Waals surface area (Å²) in [6, 6.07) is 11.7. The molecule has 0 saturated heterocycles. The van der Waals surface area contributed by atoms with Crippen molar-refractivity contribution in [2.45, 2.75) is 19.4 Å². The maximum atomic E-state index is 6.03. The highest BCUT2D eigenvalue weighted by molar-refractivity contribution is 6.29. The van der Waals surface area contributed by atoms with E-state index in [1.165, 1.54) is 0 Å². The zero-order chi connectivity index (χ0) is 13.0. The van der Waals surface area contributed by atoms with Gasteiger partial charge in [-0.1, -0.05) is 41.9 Å². The van der Waals surface area contributed by atoms with E-state index in [4.69, 9.17) is 16.3 Å². The van der Waals surface area contributed by atoms with E-state index < -0.39 is 0 Å². The molecule has 2 aromatic rings. The number of aromatic nitrogens is 2. The highest BCUT2D eigenvalue weighted by Gasteiger charge is 2.08. The zero-order valence-corrected chi connectivity index (χ0v) is 11.2. The maximum absolute atomic E-state index is 6.03. The molecule has 0 aliphatic carbocycles. The first kappa shape index (κ1) is 13.0. The largest absolute Gasteiger partial charge is 0.381 e. The summed E-state index contributed by atoms with van der Waals surface area (Å²) < 4.78 is 5.22. The van der Waals surface area contributed by atoms with Gasteiger partial charge in [-0.05, 0) is 6.92 Å². The minimum absolute atomic E-state index is 0.0760. The standard InChI is InChI=1S/C14H15ClN2O/c1-10(18-2)8-14-16-12(9-13(15)17-14)11-6-4-3-5-7-11/h3-7,9-10H,8H2,1-2H3. The lowest BCUT2D eigenvalue weighted by Crippen LogP contribution is -2.11. The van der Waals surface area contributed by atoms with E-state index in [1.807, 2.05) is 37.3 Å². The van der Waals surface area contributed by atoms with E-state index in [-0.39, 0.29) is 6.10 Å². The fraction of sp³-hybridized carbons (Fsp3) is 0.286. The van der Waals surface area contributed by atoms with Crippen LogP contribution in [0.5, 0.6) is 0 Å². The number of nitrogens with zero attached hydrogens (tertiary/aromatic N) is 2. The molecule has 0 amide bonds. The van der Waals surface area contributed by atoms with Crippen LogP contribution in [0.25, 0.3) is 11.3 Å². The lowest BCUT2D eigenvalue weighted by Gasteiger charge is -2.09. The van der Waals surface area contributed by atoms with Gasteiger partial charge in [0.25, 0.3) is 0 Å². The molecule has 1 aromatic carbocycles. The van der Waals surface area contributed by atoms with Crippen molar-refractivity contribution in [3.8, 4) is 11.3 Å². The summed E-state index contributed by atoms with van der Waals surface area (Å²) in [5, 5.41) is 0.460. The molecule has 0 saturated carbocycles. The number of hydrogen-bond acceptors (Lipinski definition) is 3. The molecule has 94 valence electrons. The fourth-order valence-electron chi connectivity index (χ4n) is 1.65. The summed E-state index contributed by atoms with van der Waals surface area (Å²) >= 11 is 6.03. The van der Waals surface area contributed by atoms with Crippen LogP contribution in [0.15, 0.2) is 36.4 Å². The van der Waals surface area contributed by atoms with Gasteiger partial charge in [-0.2, -0.15) is 0 Å². The van der Waals surface area contributed by atoms with Gasteiger partial charge in [-0.15, -0.1) is 0 Å². The molecule has 2 rings (SSSR count). The first-order valence-electron chi connectivity index (χ1n) is 5.80. The van der Waals surface area contributed by atoms with Crippen molar-refractivity contribution in [2.24, 2.45) is 0 Å². The van der Waals surface area contributed by atoms with Gasteiger partial charge in [0, 0.05) is 25.2 Å². The fourth-order valence-corrected chi connectivity index (χ4v) is 1.85. The number of rotatable bonds is 4. The van der Waals surface area contributed by atoms with E-state index >= 15 is 0 Å². The summed E-state index contributed by atoms with van der Waals surface area (Å²) in [6.07, 6.45) is 0.726. The summed E-state index contributed by atoms with van der Waals surface area (Å²) in [4.78, 5) is 8.74. The van der Waals surface area contributed by atoms with E-state index in [1.54, 1.807) is 13.2 Å². The van der Waals surface area contributed by atoms with Gasteiger partial charge in [0.2, 0.25) is 0 Å². The van der Waals surface area contributed by atoms with Gasteiger partial charge >= 0.3 is 0 Å². The minimum atomic E-state index is 0.0760. The molecule has 0 spiro atoms. The van der Waals surface area contributed by atoms with Crippen LogP contribution in [0.4, 0.5) is 0 Å². The van der Waals surface area contributed by atoms with Crippen LogP contribution in [-0.4, -0.2) is 23.2 Å². The van der Waals surface area contributed by atoms with Crippen LogP contribution in [-0.2, 0) is 11.2 Å². The van der Waals surface area contributed by atoms with E-state index in [0.29, 0.717) is 17.4 Å². The predicted molar refractivity (Wildman–Crippen MR) is 72.7 cm³/mol. The molecule has 0 aliphatic rings. The molecule has 3 nitrogen and oxygen atoms in total. The van der Waals surface area contributed by atoms with Crippen molar-refractivity contribution >= 4 is 11.6 Å². The van der Waals surface area contributed by atoms with Crippen molar-refractivity contribution in [2.75, 3.05) is 7.11 Å². The van der Waals surface area contributed by atoms with Gasteiger partial charge in [-0.25, -0.2) is 9.97 Å². The van der Waals surface area contributed by atoms with Crippen molar-refractivity contribution in [3.05, 3.63) is 47.4 Å². The molecular weight excluding hydrogens is 248 g/mol. The molecule has 0 aliphatic heterocycles. The summed E-state index contributed by atoms with van der Waals surface area (Å²) in [5.74, 6) is 0.704. The molecule has 0 radical (unpaired) electrons. The molecule has 18 heavy (non-hydrogen) atoms. The molecule has 0 bridgehead atoms. The number of halogens is 1. The highest BCUT2D eigenvalue weighted by atomic mass is 35.5. The van der Waals surface area contributed by atoms with Crippen molar-refractivity contribution < 1.29 is 4.74 Å². The van der Waals surface area contributed by atoms with Crippen molar-refractivity contribution in [1.29, 1.82) is 0 Å². The summed E-state index contributed by atoms with van der Waals surface area (Å²) in [7, 11) is 1.67. The van der Waals surface area contributed by atoms with Crippen LogP contribution in [0.1, 0.15) is 12.7 Å². The van der Waals surface area contributed by atoms with Gasteiger partial charge in [-0.3, -0.25) is 0 Å². The zero-order valence-electron chi connectivity index (χ0n) is 10.4. The average Bonchev–Trinajstić information content (AvgIpc) is 2.39. The van der Waals surface area contributed by atoms with Gasteiger partial charge in [0.05, 0.1) is 11.8 Å². The van der Waals surface area contributed by atoms with Crippen LogP contribution in [0, 0.1) is 0 Å². The average molecular weight is 263 g/mol. The third kappa shape index (κ3) is 3.28. The second kappa shape index (κ2) is 5.94. The van der Waals surface area contributed by atoms with Gasteiger partial charge in [0.1, 0.15) is 11.0 Å². The Balaban J connectivity index is 2.32. The van der Waals surface area contributed by atoms with Crippen molar-refractivity contribution in [3.63, 3.8) is 0 Å². The topological polar surface area (TPSA) is 35.0 Å². The smallest absolute Gasteiger partial charge is 0.133 e. The molecule has 0 fully saturated rings. The van der Waals surface area contributed by atoms with Crippen molar-refractivity contribution in [1.82, 2.24) is 9.97 Å². The predicted octanol–water partition coefficient (Wildman–Crippen LogP) is 3.37. The van der Waals surface area contributed by atoms with Crippen LogP contribution in [0.2, 0.25) is 5.15 Å². The number of benzene rings is 1. The Bertz CT molecular complexity index is 516. The van der Waals surface area contributed by atoms with E-state index in [0.717, 1.165) is 11.3 Å². The first-order chi connectivity index (χ1) is 8.69. The molecule has 1 unspecified atom stereocenters. The SMILES string of the molecule is COC(C)Cc1nc(Cl)cc(-c2ccccc2)n1.